The molecule has 0 saturated carbocycles. The van der Waals surface area contributed by atoms with Gasteiger partial charge >= 0.3 is 0 Å². The molecule has 1 rings (SSSR count). The fraction of sp³-hybridized carbons (Fsp3) is 0.786. The molecule has 0 saturated heterocycles. The number of hydrogen-bond donors (Lipinski definition) is 1. The van der Waals surface area contributed by atoms with E-state index in [0.29, 0.717) is 13.2 Å². The summed E-state index contributed by atoms with van der Waals surface area (Å²) in [5.74, 6) is 0.176. The van der Waals surface area contributed by atoms with E-state index in [9.17, 15) is 4.79 Å². The van der Waals surface area contributed by atoms with E-state index in [1.54, 1.807) is 7.11 Å². The molecule has 1 heterocycles. The lowest BCUT2D eigenvalue weighted by molar-refractivity contribution is -0.130. The lowest BCUT2D eigenvalue weighted by atomic mass is 9.83. The van der Waals surface area contributed by atoms with Crippen LogP contribution in [0.5, 0.6) is 0 Å². The van der Waals surface area contributed by atoms with Crippen molar-refractivity contribution < 1.29 is 9.53 Å². The van der Waals surface area contributed by atoms with Gasteiger partial charge in [0, 0.05) is 26.7 Å². The van der Waals surface area contributed by atoms with Crippen molar-refractivity contribution in [2.24, 2.45) is 5.41 Å². The predicted octanol–water partition coefficient (Wildman–Crippen LogP) is 1.43. The average molecular weight is 254 g/mol. The third kappa shape index (κ3) is 4.78. The van der Waals surface area contributed by atoms with Gasteiger partial charge in [-0.1, -0.05) is 32.4 Å². The number of methoxy groups -OCH3 is 1. The van der Waals surface area contributed by atoms with Crippen molar-refractivity contribution in [1.82, 2.24) is 10.2 Å². The highest BCUT2D eigenvalue weighted by molar-refractivity contribution is 5.78. The van der Waals surface area contributed by atoms with E-state index in [4.69, 9.17) is 4.74 Å². The Balaban J connectivity index is 2.34. The average Bonchev–Trinajstić information content (AvgIpc) is 2.33. The van der Waals surface area contributed by atoms with Crippen LogP contribution in [0.3, 0.4) is 0 Å². The van der Waals surface area contributed by atoms with Gasteiger partial charge in [0.2, 0.25) is 5.91 Å². The first-order valence-corrected chi connectivity index (χ1v) is 6.62. The molecule has 1 aliphatic rings. The maximum atomic E-state index is 11.9. The summed E-state index contributed by atoms with van der Waals surface area (Å²) in [4.78, 5) is 13.8. The first kappa shape index (κ1) is 15.2. The number of nitrogens with zero attached hydrogens (tertiary/aromatic N) is 1. The van der Waals surface area contributed by atoms with Crippen molar-refractivity contribution in [3.63, 3.8) is 0 Å². The van der Waals surface area contributed by atoms with Gasteiger partial charge in [0.25, 0.3) is 0 Å². The summed E-state index contributed by atoms with van der Waals surface area (Å²) in [6, 6.07) is 0. The number of rotatable bonds is 5. The minimum Gasteiger partial charge on any atom is -0.383 e. The fourth-order valence-electron chi connectivity index (χ4n) is 2.06. The van der Waals surface area contributed by atoms with E-state index >= 15 is 0 Å². The van der Waals surface area contributed by atoms with Gasteiger partial charge < -0.3 is 15.0 Å². The molecule has 0 spiro atoms. The SMILES string of the molecule is COCCNCC(=O)N1CC=C(C(C)(C)C)CC1. The monoisotopic (exact) mass is 254 g/mol. The van der Waals surface area contributed by atoms with Crippen molar-refractivity contribution >= 4 is 5.91 Å². The molecule has 0 aromatic heterocycles. The molecule has 1 N–H and O–H groups in total. The van der Waals surface area contributed by atoms with Crippen molar-refractivity contribution in [3.05, 3.63) is 11.6 Å². The van der Waals surface area contributed by atoms with Crippen LogP contribution in [0.1, 0.15) is 27.2 Å². The maximum Gasteiger partial charge on any atom is 0.236 e. The van der Waals surface area contributed by atoms with Crippen molar-refractivity contribution in [2.75, 3.05) is 39.9 Å². The van der Waals surface area contributed by atoms with E-state index in [1.165, 1.54) is 5.57 Å². The van der Waals surface area contributed by atoms with Gasteiger partial charge in [-0.25, -0.2) is 0 Å². The van der Waals surface area contributed by atoms with Crippen LogP contribution in [0.4, 0.5) is 0 Å². The van der Waals surface area contributed by atoms with Gasteiger partial charge in [0.15, 0.2) is 0 Å². The highest BCUT2D eigenvalue weighted by Crippen LogP contribution is 2.29. The van der Waals surface area contributed by atoms with Gasteiger partial charge in [-0.2, -0.15) is 0 Å². The quantitative estimate of drug-likeness (QED) is 0.596. The van der Waals surface area contributed by atoms with E-state index in [-0.39, 0.29) is 11.3 Å². The summed E-state index contributed by atoms with van der Waals surface area (Å²) in [7, 11) is 1.66. The van der Waals surface area contributed by atoms with E-state index in [2.05, 4.69) is 32.2 Å². The van der Waals surface area contributed by atoms with Crippen molar-refractivity contribution in [1.29, 1.82) is 0 Å². The molecule has 0 atom stereocenters. The summed E-state index contributed by atoms with van der Waals surface area (Å²) in [6.07, 6.45) is 3.20. The predicted molar refractivity (Wildman–Crippen MR) is 73.5 cm³/mol. The van der Waals surface area contributed by atoms with Gasteiger partial charge in [-0.05, 0) is 11.8 Å². The largest absolute Gasteiger partial charge is 0.383 e. The number of nitrogens with one attached hydrogen (secondary N) is 1. The molecule has 4 heteroatoms. The number of amides is 1. The molecule has 104 valence electrons. The summed E-state index contributed by atoms with van der Waals surface area (Å²) in [5, 5.41) is 3.09. The first-order chi connectivity index (χ1) is 8.45. The molecule has 1 amide bonds. The zero-order valence-corrected chi connectivity index (χ0v) is 12.1. The molecule has 4 nitrogen and oxygen atoms in total. The Morgan fingerprint density at radius 2 is 2.22 bits per heavy atom. The zero-order valence-electron chi connectivity index (χ0n) is 12.1. The molecule has 0 aromatic rings. The molecule has 0 aliphatic carbocycles. The van der Waals surface area contributed by atoms with Crippen LogP contribution in [0.2, 0.25) is 0 Å². The second kappa shape index (κ2) is 6.90. The Kier molecular flexibility index (Phi) is 5.82. The van der Waals surface area contributed by atoms with Crippen LogP contribution in [0.15, 0.2) is 11.6 Å². The van der Waals surface area contributed by atoms with Crippen molar-refractivity contribution in [2.45, 2.75) is 27.2 Å². The van der Waals surface area contributed by atoms with Gasteiger partial charge in [0.05, 0.1) is 13.2 Å². The normalized spacial score (nSPS) is 16.7. The zero-order chi connectivity index (χ0) is 13.6. The Hall–Kier alpha value is -0.870. The van der Waals surface area contributed by atoms with Crippen LogP contribution in [-0.2, 0) is 9.53 Å². The van der Waals surface area contributed by atoms with Crippen LogP contribution < -0.4 is 5.32 Å². The molecule has 0 fully saturated rings. The number of hydrogen-bond acceptors (Lipinski definition) is 3. The highest BCUT2D eigenvalue weighted by Gasteiger charge is 2.23. The third-order valence-electron chi connectivity index (χ3n) is 3.28. The minimum atomic E-state index is 0.176. The Labute approximate surface area is 110 Å². The lowest BCUT2D eigenvalue weighted by Gasteiger charge is -2.32. The second-order valence-corrected chi connectivity index (χ2v) is 5.74. The molecular weight excluding hydrogens is 228 g/mol. The van der Waals surface area contributed by atoms with E-state index in [0.717, 1.165) is 26.1 Å². The highest BCUT2D eigenvalue weighted by atomic mass is 16.5. The van der Waals surface area contributed by atoms with Crippen LogP contribution in [-0.4, -0.2) is 50.7 Å². The molecular formula is C14H26N2O2. The summed E-state index contributed by atoms with van der Waals surface area (Å²) < 4.78 is 4.92. The smallest absolute Gasteiger partial charge is 0.236 e. The Bertz CT molecular complexity index is 305. The Morgan fingerprint density at radius 1 is 1.50 bits per heavy atom. The Morgan fingerprint density at radius 3 is 2.72 bits per heavy atom. The number of ether oxygens (including phenoxy) is 1. The summed E-state index contributed by atoms with van der Waals surface area (Å²) in [5.41, 5.74) is 1.69. The minimum absolute atomic E-state index is 0.176. The molecule has 0 aromatic carbocycles. The fourth-order valence-corrected chi connectivity index (χ4v) is 2.06. The third-order valence-corrected chi connectivity index (χ3v) is 3.28. The van der Waals surface area contributed by atoms with Crippen LogP contribution in [0.25, 0.3) is 0 Å². The topological polar surface area (TPSA) is 41.6 Å². The van der Waals surface area contributed by atoms with Crippen LogP contribution >= 0.6 is 0 Å². The van der Waals surface area contributed by atoms with E-state index in [1.807, 2.05) is 4.90 Å². The van der Waals surface area contributed by atoms with Gasteiger partial charge in [-0.3, -0.25) is 4.79 Å². The van der Waals surface area contributed by atoms with Crippen LogP contribution in [0, 0.1) is 5.41 Å². The molecule has 1 aliphatic heterocycles. The number of carbonyl (C=O) groups is 1. The maximum absolute atomic E-state index is 11.9. The number of carbonyl (C=O) groups excluding carboxylic acids is 1. The van der Waals surface area contributed by atoms with Gasteiger partial charge in [-0.15, -0.1) is 0 Å². The van der Waals surface area contributed by atoms with Gasteiger partial charge in [0.1, 0.15) is 0 Å². The lowest BCUT2D eigenvalue weighted by Crippen LogP contribution is -2.41. The molecule has 0 radical (unpaired) electrons. The molecule has 0 bridgehead atoms. The van der Waals surface area contributed by atoms with E-state index < -0.39 is 0 Å². The summed E-state index contributed by atoms with van der Waals surface area (Å²) >= 11 is 0. The second-order valence-electron chi connectivity index (χ2n) is 5.74. The summed E-state index contributed by atoms with van der Waals surface area (Å²) in [6.45, 7) is 10.0. The van der Waals surface area contributed by atoms with Crippen molar-refractivity contribution in [3.8, 4) is 0 Å². The molecule has 18 heavy (non-hydrogen) atoms. The first-order valence-electron chi connectivity index (χ1n) is 6.62. The standard InChI is InChI=1S/C14H26N2O2/c1-14(2,3)12-5-8-16(9-6-12)13(17)11-15-7-10-18-4/h5,15H,6-11H2,1-4H3. The molecule has 0 unspecified atom stereocenters.